The van der Waals surface area contributed by atoms with Crippen LogP contribution in [0.25, 0.3) is 0 Å². The number of hydrogen-bond acceptors (Lipinski definition) is 4. The minimum Gasteiger partial charge on any atom is -0.361 e. The van der Waals surface area contributed by atoms with Gasteiger partial charge in [-0.05, 0) is 13.8 Å². The molecule has 1 aromatic heterocycles. The van der Waals surface area contributed by atoms with Crippen molar-refractivity contribution in [1.82, 2.24) is 10.5 Å². The first kappa shape index (κ1) is 10.7. The summed E-state index contributed by atoms with van der Waals surface area (Å²) in [6.07, 6.45) is 0.307. The molecule has 0 aromatic carbocycles. The number of rotatable bonds is 4. The molecule has 0 bridgehead atoms. The average Bonchev–Trinajstić information content (AvgIpc) is 2.46. The van der Waals surface area contributed by atoms with Crippen LogP contribution in [0, 0.1) is 13.8 Å². The molecule has 1 aromatic rings. The number of hydrogen-bond donors (Lipinski definition) is 2. The lowest BCUT2D eigenvalue weighted by molar-refractivity contribution is -0.120. The van der Waals surface area contributed by atoms with Crippen molar-refractivity contribution in [2.45, 2.75) is 20.3 Å². The Hall–Kier alpha value is -1.36. The first-order valence-corrected chi connectivity index (χ1v) is 4.53. The molecule has 5 heteroatoms. The van der Waals surface area contributed by atoms with Gasteiger partial charge in [-0.3, -0.25) is 4.79 Å². The fourth-order valence-corrected chi connectivity index (χ4v) is 1.19. The molecule has 0 fully saturated rings. The molecule has 1 amide bonds. The van der Waals surface area contributed by atoms with E-state index in [9.17, 15) is 4.79 Å². The summed E-state index contributed by atoms with van der Waals surface area (Å²) in [5.41, 5.74) is 6.89. The molecule has 0 saturated heterocycles. The van der Waals surface area contributed by atoms with Crippen molar-refractivity contribution in [3.8, 4) is 0 Å². The number of nitrogens with two attached hydrogens (primary N) is 1. The van der Waals surface area contributed by atoms with Gasteiger partial charge in [0.1, 0.15) is 5.76 Å². The van der Waals surface area contributed by atoms with Crippen molar-refractivity contribution < 1.29 is 9.32 Å². The molecule has 14 heavy (non-hydrogen) atoms. The second-order valence-corrected chi connectivity index (χ2v) is 3.12. The van der Waals surface area contributed by atoms with Crippen molar-refractivity contribution >= 4 is 5.91 Å². The van der Waals surface area contributed by atoms with Crippen LogP contribution in [0.15, 0.2) is 4.52 Å². The Bertz CT molecular complexity index is 300. The Morgan fingerprint density at radius 2 is 2.29 bits per heavy atom. The highest BCUT2D eigenvalue weighted by molar-refractivity contribution is 5.78. The molecule has 0 aliphatic heterocycles. The number of aromatic nitrogens is 1. The lowest BCUT2D eigenvalue weighted by atomic mass is 10.1. The Balaban J connectivity index is 2.55. The standard InChI is InChI=1S/C9H15N3O2/c1-6-8(7(2)14-12-6)5-9(13)11-4-3-10/h3-5,10H2,1-2H3,(H,11,13). The van der Waals surface area contributed by atoms with E-state index in [1.807, 2.05) is 6.92 Å². The monoisotopic (exact) mass is 197 g/mol. The van der Waals surface area contributed by atoms with Crippen LogP contribution >= 0.6 is 0 Å². The highest BCUT2D eigenvalue weighted by Crippen LogP contribution is 2.12. The third kappa shape index (κ3) is 2.56. The maximum absolute atomic E-state index is 11.3. The third-order valence-corrected chi connectivity index (χ3v) is 1.99. The minimum atomic E-state index is -0.0511. The van der Waals surface area contributed by atoms with E-state index < -0.39 is 0 Å². The Labute approximate surface area is 82.6 Å². The van der Waals surface area contributed by atoms with Gasteiger partial charge in [-0.25, -0.2) is 0 Å². The zero-order valence-corrected chi connectivity index (χ0v) is 8.46. The molecular formula is C9H15N3O2. The number of amides is 1. The summed E-state index contributed by atoms with van der Waals surface area (Å²) < 4.78 is 4.95. The second-order valence-electron chi connectivity index (χ2n) is 3.12. The summed E-state index contributed by atoms with van der Waals surface area (Å²) in [6.45, 7) is 4.57. The summed E-state index contributed by atoms with van der Waals surface area (Å²) in [5.74, 6) is 0.648. The zero-order valence-electron chi connectivity index (χ0n) is 8.46. The van der Waals surface area contributed by atoms with E-state index in [-0.39, 0.29) is 5.91 Å². The highest BCUT2D eigenvalue weighted by atomic mass is 16.5. The van der Waals surface area contributed by atoms with Crippen LogP contribution in [0.3, 0.4) is 0 Å². The smallest absolute Gasteiger partial charge is 0.224 e. The third-order valence-electron chi connectivity index (χ3n) is 1.99. The van der Waals surface area contributed by atoms with E-state index in [4.69, 9.17) is 10.3 Å². The van der Waals surface area contributed by atoms with Gasteiger partial charge in [-0.15, -0.1) is 0 Å². The molecule has 0 aliphatic rings. The molecule has 1 heterocycles. The van der Waals surface area contributed by atoms with E-state index in [0.29, 0.717) is 25.3 Å². The zero-order chi connectivity index (χ0) is 10.6. The molecule has 0 atom stereocenters. The molecule has 0 spiro atoms. The summed E-state index contributed by atoms with van der Waals surface area (Å²) in [4.78, 5) is 11.3. The molecular weight excluding hydrogens is 182 g/mol. The van der Waals surface area contributed by atoms with Gasteiger partial charge < -0.3 is 15.6 Å². The molecule has 5 nitrogen and oxygen atoms in total. The van der Waals surface area contributed by atoms with Gasteiger partial charge >= 0.3 is 0 Å². The van der Waals surface area contributed by atoms with Crippen molar-refractivity contribution in [1.29, 1.82) is 0 Å². The quantitative estimate of drug-likeness (QED) is 0.706. The molecule has 0 aliphatic carbocycles. The topological polar surface area (TPSA) is 81.2 Å². The first-order valence-electron chi connectivity index (χ1n) is 4.53. The average molecular weight is 197 g/mol. The van der Waals surface area contributed by atoms with Crippen molar-refractivity contribution in [3.05, 3.63) is 17.0 Å². The van der Waals surface area contributed by atoms with E-state index in [1.54, 1.807) is 6.92 Å². The van der Waals surface area contributed by atoms with E-state index in [2.05, 4.69) is 10.5 Å². The van der Waals surface area contributed by atoms with E-state index in [0.717, 1.165) is 11.3 Å². The normalized spacial score (nSPS) is 10.2. The number of carbonyl (C=O) groups excluding carboxylic acids is 1. The summed E-state index contributed by atoms with van der Waals surface area (Å²) >= 11 is 0. The van der Waals surface area contributed by atoms with Crippen molar-refractivity contribution in [2.75, 3.05) is 13.1 Å². The van der Waals surface area contributed by atoms with Gasteiger partial charge in [0.15, 0.2) is 0 Å². The SMILES string of the molecule is Cc1noc(C)c1CC(=O)NCCN. The van der Waals surface area contributed by atoms with Gasteiger partial charge in [-0.1, -0.05) is 5.16 Å². The number of nitrogens with one attached hydrogen (secondary N) is 1. The lowest BCUT2D eigenvalue weighted by Gasteiger charge is -2.02. The molecule has 0 saturated carbocycles. The van der Waals surface area contributed by atoms with Crippen LogP contribution in [0.2, 0.25) is 0 Å². The summed E-state index contributed by atoms with van der Waals surface area (Å²) in [6, 6.07) is 0. The molecule has 78 valence electrons. The Morgan fingerprint density at radius 3 is 2.79 bits per heavy atom. The minimum absolute atomic E-state index is 0.0511. The van der Waals surface area contributed by atoms with Crippen LogP contribution in [-0.4, -0.2) is 24.2 Å². The van der Waals surface area contributed by atoms with Crippen LogP contribution < -0.4 is 11.1 Å². The van der Waals surface area contributed by atoms with Gasteiger partial charge in [0, 0.05) is 18.7 Å². The van der Waals surface area contributed by atoms with E-state index in [1.165, 1.54) is 0 Å². The lowest BCUT2D eigenvalue weighted by Crippen LogP contribution is -2.30. The fourth-order valence-electron chi connectivity index (χ4n) is 1.19. The first-order chi connectivity index (χ1) is 6.65. The van der Waals surface area contributed by atoms with Crippen LogP contribution in [0.5, 0.6) is 0 Å². The van der Waals surface area contributed by atoms with Crippen molar-refractivity contribution in [3.63, 3.8) is 0 Å². The molecule has 0 radical (unpaired) electrons. The largest absolute Gasteiger partial charge is 0.361 e. The van der Waals surface area contributed by atoms with Crippen LogP contribution in [0.4, 0.5) is 0 Å². The Kier molecular flexibility index (Phi) is 3.64. The predicted molar refractivity (Wildman–Crippen MR) is 51.7 cm³/mol. The highest BCUT2D eigenvalue weighted by Gasteiger charge is 2.12. The maximum atomic E-state index is 11.3. The van der Waals surface area contributed by atoms with Gasteiger partial charge in [0.2, 0.25) is 5.91 Å². The van der Waals surface area contributed by atoms with Crippen LogP contribution in [-0.2, 0) is 11.2 Å². The number of aryl methyl sites for hydroxylation is 2. The van der Waals surface area contributed by atoms with Crippen LogP contribution in [0.1, 0.15) is 17.0 Å². The molecule has 0 unspecified atom stereocenters. The number of nitrogens with zero attached hydrogens (tertiary/aromatic N) is 1. The number of carbonyl (C=O) groups is 1. The summed E-state index contributed by atoms with van der Waals surface area (Å²) in [5, 5.41) is 6.46. The van der Waals surface area contributed by atoms with Crippen molar-refractivity contribution in [2.24, 2.45) is 5.73 Å². The van der Waals surface area contributed by atoms with Gasteiger partial charge in [0.05, 0.1) is 12.1 Å². The maximum Gasteiger partial charge on any atom is 0.224 e. The van der Waals surface area contributed by atoms with Gasteiger partial charge in [0.25, 0.3) is 0 Å². The second kappa shape index (κ2) is 4.76. The van der Waals surface area contributed by atoms with Gasteiger partial charge in [-0.2, -0.15) is 0 Å². The Morgan fingerprint density at radius 1 is 1.57 bits per heavy atom. The molecule has 1 rings (SSSR count). The fraction of sp³-hybridized carbons (Fsp3) is 0.556. The summed E-state index contributed by atoms with van der Waals surface area (Å²) in [7, 11) is 0. The predicted octanol–water partition coefficient (Wildman–Crippen LogP) is -0.0912. The molecule has 3 N–H and O–H groups in total. The van der Waals surface area contributed by atoms with E-state index >= 15 is 0 Å².